The zero-order chi connectivity index (χ0) is 17.1. The third-order valence-corrected chi connectivity index (χ3v) is 7.97. The normalized spacial score (nSPS) is 23.6. The van der Waals surface area contributed by atoms with Gasteiger partial charge in [-0.05, 0) is 50.7 Å². The summed E-state index contributed by atoms with van der Waals surface area (Å²) >= 11 is 0. The summed E-state index contributed by atoms with van der Waals surface area (Å²) < 4.78 is 29.5. The summed E-state index contributed by atoms with van der Waals surface area (Å²) in [7, 11) is -1.72. The van der Waals surface area contributed by atoms with Gasteiger partial charge in [0.25, 0.3) is 10.2 Å². The zero-order valence-corrected chi connectivity index (χ0v) is 15.3. The van der Waals surface area contributed by atoms with Crippen molar-refractivity contribution in [3.63, 3.8) is 0 Å². The second-order valence-electron chi connectivity index (χ2n) is 7.20. The quantitative estimate of drug-likeness (QED) is 0.924. The standard InChI is InChI=1S/C18H25N3O2S/c1-12(14-8-9-14)20(3)24(22,23)21-11-10-16-15-6-4-5-7-17(15)19-18(16)13(21)2/h4-7,12-14,19H,8-11H2,1-3H3/t12-,13-/m1/s1. The Morgan fingerprint density at radius 2 is 2.00 bits per heavy atom. The van der Waals surface area contributed by atoms with Crippen LogP contribution in [0.25, 0.3) is 10.9 Å². The van der Waals surface area contributed by atoms with Crippen molar-refractivity contribution < 1.29 is 8.42 Å². The Bertz CT molecular complexity index is 870. The van der Waals surface area contributed by atoms with Crippen molar-refractivity contribution in [2.75, 3.05) is 13.6 Å². The van der Waals surface area contributed by atoms with Crippen molar-refractivity contribution in [2.24, 2.45) is 5.92 Å². The van der Waals surface area contributed by atoms with Gasteiger partial charge in [-0.15, -0.1) is 0 Å². The highest BCUT2D eigenvalue weighted by Gasteiger charge is 2.41. The van der Waals surface area contributed by atoms with Crippen LogP contribution in [0.2, 0.25) is 0 Å². The summed E-state index contributed by atoms with van der Waals surface area (Å²) in [5.74, 6) is 0.522. The molecule has 1 aliphatic carbocycles. The first-order valence-corrected chi connectivity index (χ1v) is 10.1. The molecule has 2 aromatic rings. The molecule has 130 valence electrons. The summed E-state index contributed by atoms with van der Waals surface area (Å²) in [4.78, 5) is 3.45. The lowest BCUT2D eigenvalue weighted by atomic mass is 10.0. The predicted molar refractivity (Wildman–Crippen MR) is 96.0 cm³/mol. The number of hydrogen-bond donors (Lipinski definition) is 1. The molecule has 0 radical (unpaired) electrons. The Morgan fingerprint density at radius 1 is 1.29 bits per heavy atom. The number of rotatable bonds is 4. The number of benzene rings is 1. The second-order valence-corrected chi connectivity index (χ2v) is 9.14. The molecule has 1 N–H and O–H groups in total. The number of nitrogens with zero attached hydrogens (tertiary/aromatic N) is 2. The summed E-state index contributed by atoms with van der Waals surface area (Å²) in [5.41, 5.74) is 3.40. The molecule has 2 atom stereocenters. The van der Waals surface area contributed by atoms with Crippen molar-refractivity contribution in [1.29, 1.82) is 0 Å². The van der Waals surface area contributed by atoms with E-state index in [1.165, 1.54) is 10.9 Å². The molecule has 1 aromatic carbocycles. The monoisotopic (exact) mass is 347 g/mol. The number of aromatic amines is 1. The van der Waals surface area contributed by atoms with Gasteiger partial charge in [-0.2, -0.15) is 17.0 Å². The molecule has 6 heteroatoms. The highest BCUT2D eigenvalue weighted by Crippen LogP contribution is 2.39. The molecule has 0 saturated heterocycles. The Labute approximate surface area is 143 Å². The third-order valence-electron chi connectivity index (χ3n) is 5.82. The summed E-state index contributed by atoms with van der Waals surface area (Å²) in [6, 6.07) is 8.12. The number of nitrogens with one attached hydrogen (secondary N) is 1. The van der Waals surface area contributed by atoms with Crippen molar-refractivity contribution >= 4 is 21.1 Å². The lowest BCUT2D eigenvalue weighted by molar-refractivity contribution is 0.269. The molecule has 0 amide bonds. The molecule has 2 heterocycles. The average molecular weight is 347 g/mol. The zero-order valence-electron chi connectivity index (χ0n) is 14.5. The summed E-state index contributed by atoms with van der Waals surface area (Å²) in [6.45, 7) is 4.55. The van der Waals surface area contributed by atoms with Crippen LogP contribution in [0.5, 0.6) is 0 Å². The molecule has 4 rings (SSSR count). The van der Waals surface area contributed by atoms with Gasteiger partial charge < -0.3 is 4.98 Å². The predicted octanol–water partition coefficient (Wildman–Crippen LogP) is 3.06. The molecule has 1 fully saturated rings. The highest BCUT2D eigenvalue weighted by molar-refractivity contribution is 7.86. The van der Waals surface area contributed by atoms with E-state index >= 15 is 0 Å². The number of para-hydroxylation sites is 1. The minimum Gasteiger partial charge on any atom is -0.357 e. The van der Waals surface area contributed by atoms with Crippen molar-refractivity contribution in [3.05, 3.63) is 35.5 Å². The van der Waals surface area contributed by atoms with Crippen LogP contribution in [0.3, 0.4) is 0 Å². The van der Waals surface area contributed by atoms with E-state index in [1.807, 2.05) is 26.0 Å². The van der Waals surface area contributed by atoms with Crippen LogP contribution < -0.4 is 0 Å². The number of H-pyrrole nitrogens is 1. The molecule has 1 aromatic heterocycles. The Kier molecular flexibility index (Phi) is 3.74. The molecule has 5 nitrogen and oxygen atoms in total. The van der Waals surface area contributed by atoms with Gasteiger partial charge in [-0.3, -0.25) is 0 Å². The van der Waals surface area contributed by atoms with Gasteiger partial charge >= 0.3 is 0 Å². The minimum absolute atomic E-state index is 0.0753. The van der Waals surface area contributed by atoms with Gasteiger partial charge in [0.2, 0.25) is 0 Å². The van der Waals surface area contributed by atoms with Gasteiger partial charge in [0.05, 0.1) is 6.04 Å². The molecule has 1 aliphatic heterocycles. The van der Waals surface area contributed by atoms with Crippen LogP contribution in [0, 0.1) is 5.92 Å². The molecule has 0 spiro atoms. The largest absolute Gasteiger partial charge is 0.357 e. The number of aromatic nitrogens is 1. The van der Waals surface area contributed by atoms with E-state index in [-0.39, 0.29) is 12.1 Å². The van der Waals surface area contributed by atoms with Crippen LogP contribution in [0.1, 0.15) is 44.0 Å². The van der Waals surface area contributed by atoms with Crippen LogP contribution in [0.15, 0.2) is 24.3 Å². The second kappa shape index (κ2) is 5.58. The van der Waals surface area contributed by atoms with E-state index in [0.717, 1.165) is 30.5 Å². The summed E-state index contributed by atoms with van der Waals surface area (Å²) in [5, 5.41) is 1.22. The minimum atomic E-state index is -3.45. The van der Waals surface area contributed by atoms with Gasteiger partial charge in [-0.1, -0.05) is 18.2 Å². The molecular weight excluding hydrogens is 322 g/mol. The Balaban J connectivity index is 1.68. The first-order chi connectivity index (χ1) is 11.4. The Hall–Kier alpha value is -1.37. The van der Waals surface area contributed by atoms with E-state index in [2.05, 4.69) is 17.1 Å². The molecule has 0 unspecified atom stereocenters. The maximum atomic E-state index is 13.1. The van der Waals surface area contributed by atoms with Gasteiger partial charge in [0, 0.05) is 36.2 Å². The smallest absolute Gasteiger partial charge is 0.282 e. The maximum Gasteiger partial charge on any atom is 0.282 e. The molecule has 0 bridgehead atoms. The molecule has 24 heavy (non-hydrogen) atoms. The number of fused-ring (bicyclic) bond motifs is 3. The van der Waals surface area contributed by atoms with Crippen molar-refractivity contribution in [1.82, 2.24) is 13.6 Å². The fourth-order valence-electron chi connectivity index (χ4n) is 3.97. The van der Waals surface area contributed by atoms with Crippen molar-refractivity contribution in [3.8, 4) is 0 Å². The van der Waals surface area contributed by atoms with Gasteiger partial charge in [0.15, 0.2) is 0 Å². The maximum absolute atomic E-state index is 13.1. The Morgan fingerprint density at radius 3 is 2.71 bits per heavy atom. The highest BCUT2D eigenvalue weighted by atomic mass is 32.2. The lowest BCUT2D eigenvalue weighted by Gasteiger charge is -2.37. The first-order valence-electron chi connectivity index (χ1n) is 8.75. The van der Waals surface area contributed by atoms with Crippen LogP contribution in [-0.4, -0.2) is 41.6 Å². The molecular formula is C18H25N3O2S. The average Bonchev–Trinajstić information content (AvgIpc) is 3.34. The molecule has 2 aliphatic rings. The van der Waals surface area contributed by atoms with E-state index in [4.69, 9.17) is 0 Å². The van der Waals surface area contributed by atoms with Gasteiger partial charge in [0.1, 0.15) is 0 Å². The topological polar surface area (TPSA) is 56.4 Å². The fraction of sp³-hybridized carbons (Fsp3) is 0.556. The molecule has 1 saturated carbocycles. The van der Waals surface area contributed by atoms with Gasteiger partial charge in [-0.25, -0.2) is 0 Å². The van der Waals surface area contributed by atoms with E-state index < -0.39 is 10.2 Å². The van der Waals surface area contributed by atoms with E-state index in [1.54, 1.807) is 15.7 Å². The van der Waals surface area contributed by atoms with Crippen LogP contribution in [-0.2, 0) is 16.6 Å². The SMILES string of the molecule is C[C@H](C1CC1)N(C)S(=O)(=O)N1CCc2c([nH]c3ccccc23)[C@H]1C. The van der Waals surface area contributed by atoms with Crippen molar-refractivity contribution in [2.45, 2.75) is 45.2 Å². The lowest BCUT2D eigenvalue weighted by Crippen LogP contribution is -2.49. The van der Waals surface area contributed by atoms with E-state index in [9.17, 15) is 8.42 Å². The van der Waals surface area contributed by atoms with Crippen LogP contribution in [0.4, 0.5) is 0 Å². The fourth-order valence-corrected chi connectivity index (χ4v) is 5.72. The number of hydrogen-bond acceptors (Lipinski definition) is 2. The first kappa shape index (κ1) is 16.1. The van der Waals surface area contributed by atoms with E-state index in [0.29, 0.717) is 12.5 Å². The third kappa shape index (κ3) is 2.39. The summed E-state index contributed by atoms with van der Waals surface area (Å²) in [6.07, 6.45) is 3.04. The van der Waals surface area contributed by atoms with Crippen LogP contribution >= 0.6 is 0 Å².